The van der Waals surface area contributed by atoms with Crippen LogP contribution in [0.2, 0.25) is 0 Å². The topological polar surface area (TPSA) is 87.4 Å². The van der Waals surface area contributed by atoms with Gasteiger partial charge < -0.3 is 15.5 Å². The predicted molar refractivity (Wildman–Crippen MR) is 176 cm³/mol. The molecule has 42 heavy (non-hydrogen) atoms. The summed E-state index contributed by atoms with van der Waals surface area (Å²) in [6.45, 7) is 0. The first-order valence-corrected chi connectivity index (χ1v) is 15.9. The van der Waals surface area contributed by atoms with Crippen molar-refractivity contribution in [2.75, 3.05) is 0 Å². The van der Waals surface area contributed by atoms with Crippen LogP contribution in [0, 0.1) is 11.3 Å². The quantitative estimate of drug-likeness (QED) is 0.159. The molecule has 0 saturated carbocycles. The molecule has 5 nitrogen and oxygen atoms in total. The maximum absolute atomic E-state index is 8.79. The summed E-state index contributed by atoms with van der Waals surface area (Å²) in [5.74, 6) is 2.18. The van der Waals surface area contributed by atoms with Crippen molar-refractivity contribution in [2.24, 2.45) is 16.6 Å². The van der Waals surface area contributed by atoms with E-state index in [4.69, 9.17) is 20.6 Å². The first-order chi connectivity index (χ1) is 20.6. The monoisotopic (exact) mass is 572 g/mol. The van der Waals surface area contributed by atoms with E-state index in [2.05, 4.69) is 90.3 Å². The molecule has 0 fully saturated rings. The van der Waals surface area contributed by atoms with Crippen molar-refractivity contribution in [3.8, 4) is 0 Å². The van der Waals surface area contributed by atoms with Gasteiger partial charge in [0.1, 0.15) is 17.2 Å². The number of fused-ring (bicyclic) bond motifs is 3. The lowest BCUT2D eigenvalue weighted by atomic mass is 9.87. The van der Waals surface area contributed by atoms with Gasteiger partial charge in [-0.05, 0) is 55.4 Å². The minimum Gasteiger partial charge on any atom is -0.460 e. The van der Waals surface area contributed by atoms with Crippen LogP contribution in [0.1, 0.15) is 60.6 Å². The van der Waals surface area contributed by atoms with E-state index < -0.39 is 0 Å². The van der Waals surface area contributed by atoms with Crippen LogP contribution < -0.4 is 11.1 Å². The van der Waals surface area contributed by atoms with E-state index in [1.807, 2.05) is 12.1 Å². The van der Waals surface area contributed by atoms with Gasteiger partial charge in [-0.25, -0.2) is 0 Å². The van der Waals surface area contributed by atoms with Gasteiger partial charge >= 0.3 is 0 Å². The Kier molecular flexibility index (Phi) is 7.57. The lowest BCUT2D eigenvalue weighted by molar-refractivity contribution is 0.511. The molecule has 4 atom stereocenters. The van der Waals surface area contributed by atoms with Crippen molar-refractivity contribution in [2.45, 2.75) is 56.0 Å². The fourth-order valence-electron chi connectivity index (χ4n) is 6.28. The maximum Gasteiger partial charge on any atom is 0.135 e. The van der Waals surface area contributed by atoms with Crippen LogP contribution in [-0.4, -0.2) is 22.3 Å². The van der Waals surface area contributed by atoms with Gasteiger partial charge in [-0.15, -0.1) is 0 Å². The zero-order valence-corrected chi connectivity index (χ0v) is 24.4. The molecule has 2 aromatic carbocycles. The molecule has 4 unspecified atom stereocenters. The number of hydrogen-bond donors (Lipinski definition) is 3. The largest absolute Gasteiger partial charge is 0.460 e. The normalized spacial score (nSPS) is 23.9. The molecule has 0 radical (unpaired) electrons. The summed E-state index contributed by atoms with van der Waals surface area (Å²) in [7, 11) is 0. The van der Waals surface area contributed by atoms with Gasteiger partial charge in [-0.1, -0.05) is 96.8 Å². The van der Waals surface area contributed by atoms with Crippen molar-refractivity contribution in [3.63, 3.8) is 0 Å². The maximum atomic E-state index is 8.79. The second-order valence-corrected chi connectivity index (χ2v) is 12.6. The Morgan fingerprint density at radius 1 is 1.02 bits per heavy atom. The summed E-state index contributed by atoms with van der Waals surface area (Å²) in [6.07, 6.45) is 23.7. The highest BCUT2D eigenvalue weighted by atomic mass is 32.2. The van der Waals surface area contributed by atoms with Crippen molar-refractivity contribution in [1.29, 1.82) is 5.41 Å². The van der Waals surface area contributed by atoms with Crippen LogP contribution in [0.25, 0.3) is 17.0 Å². The number of aryl methyl sites for hydroxylation is 1. The number of hydrogen-bond acceptors (Lipinski definition) is 6. The molecular formula is C36H36N4OS. The third kappa shape index (κ3) is 5.49. The fourth-order valence-corrected chi connectivity index (χ4v) is 7.20. The van der Waals surface area contributed by atoms with Gasteiger partial charge in [-0.3, -0.25) is 10.4 Å². The van der Waals surface area contributed by atoms with E-state index in [9.17, 15) is 0 Å². The second-order valence-electron chi connectivity index (χ2n) is 11.4. The van der Waals surface area contributed by atoms with Crippen molar-refractivity contribution < 1.29 is 4.42 Å². The van der Waals surface area contributed by atoms with Crippen LogP contribution in [-0.2, 0) is 6.42 Å². The molecule has 6 heteroatoms. The zero-order valence-electron chi connectivity index (χ0n) is 23.6. The van der Waals surface area contributed by atoms with Gasteiger partial charge in [0.25, 0.3) is 0 Å². The fraction of sp³-hybridized carbons (Fsp3) is 0.278. The third-order valence-electron chi connectivity index (χ3n) is 8.64. The minimum absolute atomic E-state index is 0.0859. The van der Waals surface area contributed by atoms with E-state index in [0.29, 0.717) is 5.04 Å². The highest BCUT2D eigenvalue weighted by Crippen LogP contribution is 2.35. The highest BCUT2D eigenvalue weighted by molar-refractivity contribution is 8.14. The van der Waals surface area contributed by atoms with Gasteiger partial charge in [0.2, 0.25) is 0 Å². The Balaban J connectivity index is 1.04. The molecule has 1 aliphatic heterocycles. The van der Waals surface area contributed by atoms with Gasteiger partial charge in [0, 0.05) is 34.4 Å². The minimum atomic E-state index is -0.211. The molecule has 0 saturated heterocycles. The van der Waals surface area contributed by atoms with Crippen LogP contribution in [0.3, 0.4) is 0 Å². The Morgan fingerprint density at radius 2 is 1.90 bits per heavy atom. The molecule has 7 rings (SSSR count). The molecule has 212 valence electrons. The number of amidine groups is 1. The Hall–Kier alpha value is -3.87. The van der Waals surface area contributed by atoms with Crippen LogP contribution in [0.15, 0.2) is 112 Å². The number of rotatable bonds is 6. The molecule has 1 aromatic heterocycles. The molecule has 2 heterocycles. The molecule has 0 amide bonds. The third-order valence-corrected chi connectivity index (χ3v) is 9.73. The van der Waals surface area contributed by atoms with Gasteiger partial charge in [-0.2, -0.15) is 0 Å². The van der Waals surface area contributed by atoms with E-state index in [1.165, 1.54) is 34.0 Å². The number of aliphatic imine (C=N–C) groups is 1. The molecule has 3 aliphatic carbocycles. The van der Waals surface area contributed by atoms with E-state index in [-0.39, 0.29) is 23.4 Å². The zero-order chi connectivity index (χ0) is 28.5. The molecule has 0 spiro atoms. The van der Waals surface area contributed by atoms with Gasteiger partial charge in [0.05, 0.1) is 22.5 Å². The van der Waals surface area contributed by atoms with E-state index >= 15 is 0 Å². The summed E-state index contributed by atoms with van der Waals surface area (Å²) >= 11 is 1.43. The number of allylic oxidation sites excluding steroid dienone is 4. The predicted octanol–water partition coefficient (Wildman–Crippen LogP) is 8.02. The lowest BCUT2D eigenvalue weighted by Crippen LogP contribution is -2.38. The summed E-state index contributed by atoms with van der Waals surface area (Å²) in [4.78, 5) is 5.19. The van der Waals surface area contributed by atoms with Crippen molar-refractivity contribution in [3.05, 3.63) is 125 Å². The Morgan fingerprint density at radius 3 is 2.71 bits per heavy atom. The standard InChI is InChI=1S/C36H36N4OS/c37-34(42-35(38)27-19-20-29-28-13-7-8-14-32(28)41-33(29)21-27)25-17-15-24(16-18-25)31-22-30(23-9-3-1-4-10-23)39-36(40-31)26-11-5-2-6-12-26/h1,3-5,7,9-13,15-17,19-21,25,30-31,34,38H,2,6,8,14,18,22,37H2,(H,39,40). The van der Waals surface area contributed by atoms with Gasteiger partial charge in [0.15, 0.2) is 0 Å². The first-order valence-electron chi connectivity index (χ1n) is 15.0. The average molecular weight is 573 g/mol. The van der Waals surface area contributed by atoms with Crippen LogP contribution in [0.5, 0.6) is 0 Å². The van der Waals surface area contributed by atoms with Crippen LogP contribution in [0.4, 0.5) is 0 Å². The second kappa shape index (κ2) is 11.8. The summed E-state index contributed by atoms with van der Waals surface area (Å²) < 4.78 is 6.12. The highest BCUT2D eigenvalue weighted by Gasteiger charge is 2.29. The number of nitrogens with one attached hydrogen (secondary N) is 2. The molecule has 0 bridgehead atoms. The summed E-state index contributed by atoms with van der Waals surface area (Å²) in [5.41, 5.74) is 13.3. The number of nitrogens with zero attached hydrogens (tertiary/aromatic N) is 1. The summed E-state index contributed by atoms with van der Waals surface area (Å²) in [6, 6.07) is 17.1. The van der Waals surface area contributed by atoms with Crippen molar-refractivity contribution >= 4 is 39.7 Å². The van der Waals surface area contributed by atoms with Crippen molar-refractivity contribution in [1.82, 2.24) is 5.32 Å². The Labute approximate surface area is 251 Å². The SMILES string of the molecule is N=C(SC(N)C1C=CC(C2CC(c3ccccc3)NC(C3=CCCC=C3)=N2)=CC1)c1ccc2c3c(oc2c1)CCC=C3. The molecule has 4 N–H and O–H groups in total. The van der Waals surface area contributed by atoms with Crippen LogP contribution >= 0.6 is 11.8 Å². The first kappa shape index (κ1) is 27.0. The number of thioether (sulfide) groups is 1. The van der Waals surface area contributed by atoms with E-state index in [0.717, 1.165) is 66.7 Å². The number of benzene rings is 2. The number of nitrogens with two attached hydrogens (primary N) is 1. The molecule has 3 aromatic rings. The summed E-state index contributed by atoms with van der Waals surface area (Å²) in [5, 5.41) is 13.9. The lowest BCUT2D eigenvalue weighted by Gasteiger charge is -2.33. The number of furan rings is 1. The Bertz CT molecular complexity index is 1690. The molecule has 4 aliphatic rings. The molecular weight excluding hydrogens is 536 g/mol. The van der Waals surface area contributed by atoms with E-state index in [1.54, 1.807) is 0 Å². The average Bonchev–Trinajstić information content (AvgIpc) is 3.43. The smallest absolute Gasteiger partial charge is 0.135 e.